The monoisotopic (exact) mass is 484 g/mol. The zero-order chi connectivity index (χ0) is 18.1. The predicted molar refractivity (Wildman–Crippen MR) is 131 cm³/mol. The number of halogens is 1. The molecule has 0 saturated heterocycles. The summed E-state index contributed by atoms with van der Waals surface area (Å²) in [5, 5.41) is 4.28. The molecule has 1 heterocycles. The van der Waals surface area contributed by atoms with E-state index in [1.807, 2.05) is 18.2 Å². The van der Waals surface area contributed by atoms with Crippen molar-refractivity contribution in [2.75, 3.05) is 6.66 Å². The van der Waals surface area contributed by atoms with Gasteiger partial charge in [0.1, 0.15) is 23.2 Å². The van der Waals surface area contributed by atoms with Crippen LogP contribution in [0.4, 0.5) is 0 Å². The lowest BCUT2D eigenvalue weighted by Crippen LogP contribution is -2.30. The van der Waals surface area contributed by atoms with Crippen molar-refractivity contribution >= 4 is 47.2 Å². The van der Waals surface area contributed by atoms with Gasteiger partial charge in [-0.2, -0.15) is 0 Å². The quantitative estimate of drug-likeness (QED) is 0.284. The van der Waals surface area contributed by atoms with Gasteiger partial charge in [0.15, 0.2) is 0 Å². The Labute approximate surface area is 179 Å². The summed E-state index contributed by atoms with van der Waals surface area (Å²) in [5.74, 6) is 0. The summed E-state index contributed by atoms with van der Waals surface area (Å²) >= 11 is 0. The third-order valence-corrected chi connectivity index (χ3v) is 8.38. The smallest absolute Gasteiger partial charge is 0.109 e. The lowest BCUT2D eigenvalue weighted by Gasteiger charge is -2.22. The largest absolute Gasteiger partial charge is 0.265 e. The van der Waals surface area contributed by atoms with Crippen LogP contribution in [0.5, 0.6) is 0 Å². The number of rotatable bonds is 3. The second-order valence-corrected chi connectivity index (χ2v) is 9.60. The lowest BCUT2D eigenvalue weighted by molar-refractivity contribution is 1.33. The highest BCUT2D eigenvalue weighted by molar-refractivity contribution is 14.0. The third kappa shape index (κ3) is 5.47. The number of hydrogen-bond acceptors (Lipinski definition) is 1. The summed E-state index contributed by atoms with van der Waals surface area (Å²) in [6.07, 6.45) is 3.50. The average molecular weight is 484 g/mol. The van der Waals surface area contributed by atoms with E-state index in [4.69, 9.17) is 0 Å². The Kier molecular flexibility index (Phi) is 8.63. The first-order chi connectivity index (χ1) is 12.8. The van der Waals surface area contributed by atoms with Crippen molar-refractivity contribution in [3.8, 4) is 0 Å². The van der Waals surface area contributed by atoms with Gasteiger partial charge >= 0.3 is 0 Å². The fourth-order valence-corrected chi connectivity index (χ4v) is 6.14. The second-order valence-electron chi connectivity index (χ2n) is 6.04. The third-order valence-electron chi connectivity index (χ3n) is 4.38. The van der Waals surface area contributed by atoms with Crippen LogP contribution in [0.25, 0.3) is 0 Å². The van der Waals surface area contributed by atoms with Crippen LogP contribution in [0, 0.1) is 0 Å². The Morgan fingerprint density at radius 3 is 1.00 bits per heavy atom. The number of aromatic nitrogens is 1. The molecule has 0 bridgehead atoms. The number of hydrogen-bond donors (Lipinski definition) is 0. The molecule has 0 aliphatic rings. The maximum Gasteiger partial charge on any atom is 0.109 e. The standard InChI is InChI=1S/C19H18P.C5H5N.HI/c1-20(17-11-5-2-6-12-17,18-13-7-3-8-14-18)19-15-9-4-10-16-19;1-2-4-6-5-3-1;/h2-16H,1H3;1-5H;1H/q+1;;. The van der Waals surface area contributed by atoms with Gasteiger partial charge in [0.2, 0.25) is 0 Å². The van der Waals surface area contributed by atoms with Gasteiger partial charge < -0.3 is 0 Å². The molecule has 0 atom stereocenters. The van der Waals surface area contributed by atoms with Crippen LogP contribution in [-0.4, -0.2) is 11.6 Å². The molecule has 1 nitrogen and oxygen atoms in total. The molecule has 0 radical (unpaired) electrons. The van der Waals surface area contributed by atoms with Gasteiger partial charge in [0, 0.05) is 12.4 Å². The maximum absolute atomic E-state index is 3.78. The van der Waals surface area contributed by atoms with Crippen molar-refractivity contribution in [3.05, 3.63) is 122 Å². The molecule has 0 saturated carbocycles. The topological polar surface area (TPSA) is 12.9 Å². The molecule has 0 fully saturated rings. The Morgan fingerprint density at radius 1 is 0.481 bits per heavy atom. The molecule has 0 aliphatic carbocycles. The first-order valence-corrected chi connectivity index (χ1v) is 10.9. The first-order valence-electron chi connectivity index (χ1n) is 8.70. The molecule has 0 spiro atoms. The fourth-order valence-electron chi connectivity index (χ4n) is 2.94. The van der Waals surface area contributed by atoms with Crippen LogP contribution in [0.2, 0.25) is 0 Å². The predicted octanol–water partition coefficient (Wildman–Crippen LogP) is 5.31. The highest BCUT2D eigenvalue weighted by Crippen LogP contribution is 2.51. The van der Waals surface area contributed by atoms with E-state index in [9.17, 15) is 0 Å². The van der Waals surface area contributed by atoms with E-state index in [-0.39, 0.29) is 24.0 Å². The summed E-state index contributed by atoms with van der Waals surface area (Å²) < 4.78 is 0. The Morgan fingerprint density at radius 2 is 0.778 bits per heavy atom. The first kappa shape index (κ1) is 21.3. The summed E-state index contributed by atoms with van der Waals surface area (Å²) in [7, 11) is -1.53. The van der Waals surface area contributed by atoms with E-state index >= 15 is 0 Å². The van der Waals surface area contributed by atoms with Gasteiger partial charge in [-0.15, -0.1) is 24.0 Å². The van der Waals surface area contributed by atoms with Crippen molar-refractivity contribution in [2.45, 2.75) is 0 Å². The average Bonchev–Trinajstić information content (AvgIpc) is 2.77. The Balaban J connectivity index is 0.000000320. The van der Waals surface area contributed by atoms with Gasteiger partial charge in [-0.05, 0) is 48.5 Å². The zero-order valence-corrected chi connectivity index (χ0v) is 18.6. The Bertz CT molecular complexity index is 761. The zero-order valence-electron chi connectivity index (χ0n) is 15.3. The van der Waals surface area contributed by atoms with E-state index in [1.54, 1.807) is 12.4 Å². The highest BCUT2D eigenvalue weighted by Gasteiger charge is 2.39. The van der Waals surface area contributed by atoms with Crippen LogP contribution < -0.4 is 15.9 Å². The molecular formula is C24H24INP+. The van der Waals surface area contributed by atoms with E-state index in [2.05, 4.69) is 103 Å². The SMILES string of the molecule is C[P+](c1ccccc1)(c1ccccc1)c1ccccc1.I.c1ccncc1. The van der Waals surface area contributed by atoms with Crippen molar-refractivity contribution in [1.82, 2.24) is 4.98 Å². The molecule has 0 aliphatic heterocycles. The summed E-state index contributed by atoms with van der Waals surface area (Å²) in [6.45, 7) is 2.41. The van der Waals surface area contributed by atoms with E-state index < -0.39 is 7.26 Å². The van der Waals surface area contributed by atoms with Crippen LogP contribution in [0.1, 0.15) is 0 Å². The fraction of sp³-hybridized carbons (Fsp3) is 0.0417. The minimum atomic E-state index is -1.53. The van der Waals surface area contributed by atoms with Gasteiger partial charge in [0.05, 0.1) is 6.66 Å². The summed E-state index contributed by atoms with van der Waals surface area (Å²) in [5.41, 5.74) is 0. The molecule has 3 heteroatoms. The van der Waals surface area contributed by atoms with Crippen molar-refractivity contribution in [1.29, 1.82) is 0 Å². The van der Waals surface area contributed by atoms with Gasteiger partial charge in [-0.25, -0.2) is 0 Å². The minimum Gasteiger partial charge on any atom is -0.265 e. The van der Waals surface area contributed by atoms with Crippen molar-refractivity contribution in [3.63, 3.8) is 0 Å². The molecule has 27 heavy (non-hydrogen) atoms. The van der Waals surface area contributed by atoms with Crippen molar-refractivity contribution in [2.24, 2.45) is 0 Å². The minimum absolute atomic E-state index is 0. The molecular weight excluding hydrogens is 460 g/mol. The van der Waals surface area contributed by atoms with Gasteiger partial charge in [-0.3, -0.25) is 4.98 Å². The number of nitrogens with zero attached hydrogens (tertiary/aromatic N) is 1. The highest BCUT2D eigenvalue weighted by atomic mass is 127. The van der Waals surface area contributed by atoms with Crippen LogP contribution in [0.15, 0.2) is 122 Å². The second kappa shape index (κ2) is 11.0. The number of pyridine rings is 1. The molecule has 0 unspecified atom stereocenters. The molecule has 4 rings (SSSR count). The normalized spacial score (nSPS) is 10.1. The summed E-state index contributed by atoms with van der Waals surface area (Å²) in [4.78, 5) is 3.78. The van der Waals surface area contributed by atoms with Crippen LogP contribution in [-0.2, 0) is 0 Å². The summed E-state index contributed by atoms with van der Waals surface area (Å²) in [6, 6.07) is 38.4. The molecule has 1 aromatic heterocycles. The van der Waals surface area contributed by atoms with E-state index in [0.29, 0.717) is 0 Å². The molecule has 3 aromatic carbocycles. The van der Waals surface area contributed by atoms with Crippen molar-refractivity contribution < 1.29 is 0 Å². The van der Waals surface area contributed by atoms with Gasteiger partial charge in [0.25, 0.3) is 0 Å². The molecule has 4 aromatic rings. The molecule has 0 amide bonds. The van der Waals surface area contributed by atoms with Gasteiger partial charge in [-0.1, -0.05) is 60.7 Å². The molecule has 136 valence electrons. The van der Waals surface area contributed by atoms with Crippen LogP contribution >= 0.6 is 31.2 Å². The van der Waals surface area contributed by atoms with E-state index in [0.717, 1.165) is 0 Å². The molecule has 0 N–H and O–H groups in total. The Hall–Kier alpha value is -2.03. The van der Waals surface area contributed by atoms with Crippen LogP contribution in [0.3, 0.4) is 0 Å². The van der Waals surface area contributed by atoms with E-state index in [1.165, 1.54) is 15.9 Å². The maximum atomic E-state index is 3.78. The number of benzene rings is 3. The lowest BCUT2D eigenvalue weighted by atomic mass is 10.4.